The van der Waals surface area contributed by atoms with E-state index in [1.165, 1.54) is 11.2 Å². The number of nitrogens with zero attached hydrogens (tertiary/aromatic N) is 4. The van der Waals surface area contributed by atoms with E-state index in [4.69, 9.17) is 0 Å². The maximum absolute atomic E-state index is 4.48. The highest BCUT2D eigenvalue weighted by Gasteiger charge is 2.07. The summed E-state index contributed by atoms with van der Waals surface area (Å²) in [5.41, 5.74) is 1.83. The zero-order valence-corrected chi connectivity index (χ0v) is 10.9. The lowest BCUT2D eigenvalue weighted by Gasteiger charge is -2.03. The summed E-state index contributed by atoms with van der Waals surface area (Å²) in [6.07, 6.45) is 3.23. The Bertz CT molecular complexity index is 666. The van der Waals surface area contributed by atoms with Crippen molar-refractivity contribution in [1.29, 1.82) is 0 Å². The van der Waals surface area contributed by atoms with Gasteiger partial charge in [0.1, 0.15) is 17.2 Å². The normalized spacial score (nSPS) is 11.0. The van der Waals surface area contributed by atoms with Gasteiger partial charge in [-0.05, 0) is 13.8 Å². The average Bonchev–Trinajstić information content (AvgIpc) is 2.94. The second-order valence-electron chi connectivity index (χ2n) is 3.96. The Morgan fingerprint density at radius 3 is 3.00 bits per heavy atom. The van der Waals surface area contributed by atoms with Crippen LogP contribution in [0.4, 0.5) is 5.82 Å². The number of rotatable bonds is 3. The van der Waals surface area contributed by atoms with Crippen LogP contribution in [0, 0.1) is 13.8 Å². The molecule has 3 rings (SSSR count). The van der Waals surface area contributed by atoms with Gasteiger partial charge in [-0.3, -0.25) is 5.10 Å². The molecule has 0 aliphatic heterocycles. The zero-order chi connectivity index (χ0) is 12.5. The molecule has 92 valence electrons. The van der Waals surface area contributed by atoms with Gasteiger partial charge in [-0.1, -0.05) is 0 Å². The Balaban J connectivity index is 1.82. The number of anilines is 1. The molecule has 0 atom stereocenters. The molecule has 0 aliphatic rings. The molecule has 0 radical (unpaired) electrons. The van der Waals surface area contributed by atoms with Crippen molar-refractivity contribution >= 4 is 28.2 Å². The predicted octanol–water partition coefficient (Wildman–Crippen LogP) is 2.04. The van der Waals surface area contributed by atoms with E-state index < -0.39 is 0 Å². The Kier molecular flexibility index (Phi) is 2.67. The molecule has 3 aromatic rings. The van der Waals surface area contributed by atoms with Crippen LogP contribution in [0.5, 0.6) is 0 Å². The van der Waals surface area contributed by atoms with Crippen LogP contribution >= 0.6 is 11.3 Å². The summed E-state index contributed by atoms with van der Waals surface area (Å²) in [7, 11) is 0. The highest BCUT2D eigenvalue weighted by Crippen LogP contribution is 2.20. The van der Waals surface area contributed by atoms with E-state index in [2.05, 4.69) is 37.4 Å². The molecular weight excluding hydrogens is 248 g/mol. The van der Waals surface area contributed by atoms with Gasteiger partial charge in [-0.2, -0.15) is 5.10 Å². The van der Waals surface area contributed by atoms with Crippen molar-refractivity contribution < 1.29 is 0 Å². The van der Waals surface area contributed by atoms with Gasteiger partial charge in [0.15, 0.2) is 5.65 Å². The van der Waals surface area contributed by atoms with Gasteiger partial charge in [0, 0.05) is 4.88 Å². The second kappa shape index (κ2) is 4.34. The third kappa shape index (κ3) is 1.92. The zero-order valence-electron chi connectivity index (χ0n) is 10.1. The topological polar surface area (TPSA) is 79.4 Å². The van der Waals surface area contributed by atoms with Gasteiger partial charge in [-0.25, -0.2) is 15.0 Å². The fraction of sp³-hybridized carbons (Fsp3) is 0.273. The van der Waals surface area contributed by atoms with E-state index in [-0.39, 0.29) is 0 Å². The molecule has 18 heavy (non-hydrogen) atoms. The third-order valence-electron chi connectivity index (χ3n) is 2.73. The number of thiazole rings is 1. The molecule has 0 fully saturated rings. The molecular formula is C11H12N6S. The van der Waals surface area contributed by atoms with Gasteiger partial charge in [-0.15, -0.1) is 11.3 Å². The molecule has 7 heteroatoms. The number of aryl methyl sites for hydroxylation is 2. The summed E-state index contributed by atoms with van der Waals surface area (Å²) in [5.74, 6) is 0.777. The van der Waals surface area contributed by atoms with Crippen LogP contribution in [-0.4, -0.2) is 25.1 Å². The monoisotopic (exact) mass is 260 g/mol. The van der Waals surface area contributed by atoms with Crippen molar-refractivity contribution in [3.8, 4) is 0 Å². The van der Waals surface area contributed by atoms with E-state index in [9.17, 15) is 0 Å². The smallest absolute Gasteiger partial charge is 0.160 e. The Morgan fingerprint density at radius 2 is 2.22 bits per heavy atom. The molecule has 0 aromatic carbocycles. The fourth-order valence-corrected chi connectivity index (χ4v) is 2.55. The van der Waals surface area contributed by atoms with E-state index in [1.54, 1.807) is 17.5 Å². The minimum absolute atomic E-state index is 0.663. The summed E-state index contributed by atoms with van der Waals surface area (Å²) in [6.45, 7) is 4.76. The first kappa shape index (κ1) is 11.1. The van der Waals surface area contributed by atoms with Crippen molar-refractivity contribution in [1.82, 2.24) is 25.1 Å². The predicted molar refractivity (Wildman–Crippen MR) is 70.6 cm³/mol. The number of hydrogen-bond donors (Lipinski definition) is 2. The van der Waals surface area contributed by atoms with Gasteiger partial charge in [0.05, 0.1) is 23.8 Å². The van der Waals surface area contributed by atoms with E-state index in [0.29, 0.717) is 6.54 Å². The minimum Gasteiger partial charge on any atom is -0.363 e. The SMILES string of the molecule is Cc1nc(CNc2ncnc3[nH]ncc23)sc1C. The number of fused-ring (bicyclic) bond motifs is 1. The minimum atomic E-state index is 0.663. The van der Waals surface area contributed by atoms with Crippen molar-refractivity contribution in [2.75, 3.05) is 5.32 Å². The van der Waals surface area contributed by atoms with Crippen LogP contribution in [0.3, 0.4) is 0 Å². The van der Waals surface area contributed by atoms with E-state index in [1.807, 2.05) is 6.92 Å². The highest BCUT2D eigenvalue weighted by molar-refractivity contribution is 7.11. The van der Waals surface area contributed by atoms with Crippen LogP contribution in [0.1, 0.15) is 15.6 Å². The molecule has 0 bridgehead atoms. The van der Waals surface area contributed by atoms with E-state index in [0.717, 1.165) is 27.6 Å². The van der Waals surface area contributed by atoms with Crippen molar-refractivity contribution in [3.05, 3.63) is 28.1 Å². The van der Waals surface area contributed by atoms with Crippen LogP contribution < -0.4 is 5.32 Å². The molecule has 0 saturated heterocycles. The molecule has 0 unspecified atom stereocenters. The molecule has 0 amide bonds. The second-order valence-corrected chi connectivity index (χ2v) is 5.25. The molecule has 3 aromatic heterocycles. The molecule has 3 heterocycles. The first-order valence-corrected chi connectivity index (χ1v) is 6.36. The molecule has 0 saturated carbocycles. The molecule has 6 nitrogen and oxygen atoms in total. The number of nitrogens with one attached hydrogen (secondary N) is 2. The van der Waals surface area contributed by atoms with Crippen molar-refractivity contribution in [2.45, 2.75) is 20.4 Å². The summed E-state index contributed by atoms with van der Waals surface area (Å²) >= 11 is 1.70. The van der Waals surface area contributed by atoms with E-state index >= 15 is 0 Å². The number of hydrogen-bond acceptors (Lipinski definition) is 6. The highest BCUT2D eigenvalue weighted by atomic mass is 32.1. The van der Waals surface area contributed by atoms with Gasteiger partial charge in [0.2, 0.25) is 0 Å². The summed E-state index contributed by atoms with van der Waals surface area (Å²) in [5, 5.41) is 12.0. The standard InChI is InChI=1S/C11H12N6S/c1-6-7(2)18-9(16-6)4-12-10-8-3-15-17-11(8)14-5-13-10/h3,5H,4H2,1-2H3,(H2,12,13,14,15,17). The van der Waals surface area contributed by atoms with Crippen molar-refractivity contribution in [3.63, 3.8) is 0 Å². The number of H-pyrrole nitrogens is 1. The quantitative estimate of drug-likeness (QED) is 0.753. The summed E-state index contributed by atoms with van der Waals surface area (Å²) in [4.78, 5) is 14.0. The van der Waals surface area contributed by atoms with Gasteiger partial charge >= 0.3 is 0 Å². The maximum atomic E-state index is 4.48. The lowest BCUT2D eigenvalue weighted by molar-refractivity contribution is 1.05. The van der Waals surface area contributed by atoms with Crippen LogP contribution in [0.2, 0.25) is 0 Å². The molecule has 0 spiro atoms. The van der Waals surface area contributed by atoms with Crippen molar-refractivity contribution in [2.24, 2.45) is 0 Å². The summed E-state index contributed by atoms with van der Waals surface area (Å²) < 4.78 is 0. The Labute approximate surface area is 108 Å². The first-order valence-electron chi connectivity index (χ1n) is 5.55. The van der Waals surface area contributed by atoms with Gasteiger partial charge < -0.3 is 5.32 Å². The third-order valence-corrected chi connectivity index (χ3v) is 3.80. The summed E-state index contributed by atoms with van der Waals surface area (Å²) in [6, 6.07) is 0. The maximum Gasteiger partial charge on any atom is 0.160 e. The largest absolute Gasteiger partial charge is 0.363 e. The Hall–Kier alpha value is -2.02. The number of aromatic nitrogens is 5. The van der Waals surface area contributed by atoms with Crippen LogP contribution in [-0.2, 0) is 6.54 Å². The lowest BCUT2D eigenvalue weighted by atomic mass is 10.4. The molecule has 2 N–H and O–H groups in total. The number of aromatic amines is 1. The lowest BCUT2D eigenvalue weighted by Crippen LogP contribution is -2.01. The van der Waals surface area contributed by atoms with Gasteiger partial charge in [0.25, 0.3) is 0 Å². The first-order chi connectivity index (χ1) is 8.74. The molecule has 0 aliphatic carbocycles. The average molecular weight is 260 g/mol. The van der Waals surface area contributed by atoms with Crippen LogP contribution in [0.25, 0.3) is 11.0 Å². The fourth-order valence-electron chi connectivity index (χ4n) is 1.68. The van der Waals surface area contributed by atoms with Crippen LogP contribution in [0.15, 0.2) is 12.5 Å². The Morgan fingerprint density at radius 1 is 1.33 bits per heavy atom.